The molecule has 0 fully saturated rings. The van der Waals surface area contributed by atoms with Gasteiger partial charge >= 0.3 is 0 Å². The first kappa shape index (κ1) is 9.76. The molecule has 3 N–H and O–H groups in total. The number of carbonyl (C=O) groups is 1. The summed E-state index contributed by atoms with van der Waals surface area (Å²) in [5.41, 5.74) is 7.24. The fourth-order valence-electron chi connectivity index (χ4n) is 1.57. The average Bonchev–Trinajstić information content (AvgIpc) is 2.65. The molecule has 5 nitrogen and oxygen atoms in total. The van der Waals surface area contributed by atoms with Gasteiger partial charge in [-0.05, 0) is 13.3 Å². The van der Waals surface area contributed by atoms with Crippen LogP contribution in [0.4, 0.5) is 5.82 Å². The monoisotopic (exact) mass is 206 g/mol. The first-order valence-electron chi connectivity index (χ1n) is 4.92. The molecule has 5 heteroatoms. The van der Waals surface area contributed by atoms with Crippen molar-refractivity contribution >= 4 is 11.7 Å². The maximum absolute atomic E-state index is 11.9. The number of nitrogens with two attached hydrogens (primary N) is 1. The number of aromatic nitrogens is 2. The minimum atomic E-state index is -0.0389. The molecule has 0 aliphatic carbocycles. The van der Waals surface area contributed by atoms with Crippen LogP contribution in [0.5, 0.6) is 0 Å². The quantitative estimate of drug-likeness (QED) is 0.667. The Kier molecular flexibility index (Phi) is 2.45. The van der Waals surface area contributed by atoms with Gasteiger partial charge < -0.3 is 10.6 Å². The van der Waals surface area contributed by atoms with Gasteiger partial charge in [0.2, 0.25) is 0 Å². The summed E-state index contributed by atoms with van der Waals surface area (Å²) in [5.74, 6) is 0.310. The second kappa shape index (κ2) is 3.76. The largest absolute Gasteiger partial charge is 0.382 e. The van der Waals surface area contributed by atoms with Crippen molar-refractivity contribution in [1.29, 1.82) is 0 Å². The van der Waals surface area contributed by atoms with Crippen molar-refractivity contribution in [1.82, 2.24) is 15.1 Å². The first-order chi connectivity index (χ1) is 7.16. The summed E-state index contributed by atoms with van der Waals surface area (Å²) in [6, 6.07) is 1.56. The molecule has 1 amide bonds. The van der Waals surface area contributed by atoms with Gasteiger partial charge in [-0.25, -0.2) is 0 Å². The molecule has 0 atom stereocenters. The van der Waals surface area contributed by atoms with Crippen molar-refractivity contribution in [2.24, 2.45) is 0 Å². The SMILES string of the molecule is CC1=CCN(C(=O)c2cc(N)n[nH]2)CC1. The number of aromatic amines is 1. The standard InChI is InChI=1S/C10H14N4O/c1-7-2-4-14(5-3-7)10(15)8-6-9(11)13-12-8/h2,6H,3-5H2,1H3,(H3,11,12,13). The Morgan fingerprint density at radius 1 is 1.67 bits per heavy atom. The van der Waals surface area contributed by atoms with Crippen LogP contribution >= 0.6 is 0 Å². The lowest BCUT2D eigenvalue weighted by Gasteiger charge is -2.24. The lowest BCUT2D eigenvalue weighted by molar-refractivity contribution is 0.0763. The topological polar surface area (TPSA) is 75.0 Å². The van der Waals surface area contributed by atoms with Crippen LogP contribution in [-0.2, 0) is 0 Å². The number of carbonyl (C=O) groups excluding carboxylic acids is 1. The summed E-state index contributed by atoms with van der Waals surface area (Å²) < 4.78 is 0. The predicted molar refractivity (Wildman–Crippen MR) is 57.3 cm³/mol. The Morgan fingerprint density at radius 2 is 2.47 bits per heavy atom. The summed E-state index contributed by atoms with van der Waals surface area (Å²) in [5, 5.41) is 6.36. The fourth-order valence-corrected chi connectivity index (χ4v) is 1.57. The highest BCUT2D eigenvalue weighted by molar-refractivity contribution is 5.93. The lowest BCUT2D eigenvalue weighted by atomic mass is 10.1. The molecular formula is C10H14N4O. The van der Waals surface area contributed by atoms with Crippen molar-refractivity contribution in [2.45, 2.75) is 13.3 Å². The molecule has 0 aromatic carbocycles. The minimum Gasteiger partial charge on any atom is -0.382 e. The van der Waals surface area contributed by atoms with Gasteiger partial charge in [0.25, 0.3) is 5.91 Å². The van der Waals surface area contributed by atoms with E-state index in [1.54, 1.807) is 11.0 Å². The van der Waals surface area contributed by atoms with Crippen molar-refractivity contribution in [2.75, 3.05) is 18.8 Å². The van der Waals surface area contributed by atoms with E-state index in [-0.39, 0.29) is 5.91 Å². The van der Waals surface area contributed by atoms with Gasteiger partial charge in [-0.2, -0.15) is 5.10 Å². The van der Waals surface area contributed by atoms with Gasteiger partial charge in [0.05, 0.1) is 0 Å². The zero-order chi connectivity index (χ0) is 10.8. The van der Waals surface area contributed by atoms with Gasteiger partial charge in [-0.3, -0.25) is 9.89 Å². The van der Waals surface area contributed by atoms with Crippen LogP contribution in [0.3, 0.4) is 0 Å². The molecule has 0 saturated carbocycles. The van der Waals surface area contributed by atoms with Crippen LogP contribution in [0, 0.1) is 0 Å². The van der Waals surface area contributed by atoms with E-state index >= 15 is 0 Å². The third-order valence-corrected chi connectivity index (χ3v) is 2.55. The van der Waals surface area contributed by atoms with E-state index in [9.17, 15) is 4.79 Å². The molecule has 1 aliphatic rings. The molecule has 0 saturated heterocycles. The number of hydrogen-bond donors (Lipinski definition) is 2. The smallest absolute Gasteiger partial charge is 0.272 e. The Hall–Kier alpha value is -1.78. The van der Waals surface area contributed by atoms with Gasteiger partial charge in [-0.15, -0.1) is 0 Å². The zero-order valence-corrected chi connectivity index (χ0v) is 8.66. The number of nitrogens with zero attached hydrogens (tertiary/aromatic N) is 2. The summed E-state index contributed by atoms with van der Waals surface area (Å²) >= 11 is 0. The van der Waals surface area contributed by atoms with Crippen LogP contribution < -0.4 is 5.73 Å². The summed E-state index contributed by atoms with van der Waals surface area (Å²) in [6.07, 6.45) is 3.01. The van der Waals surface area contributed by atoms with Gasteiger partial charge in [0, 0.05) is 19.2 Å². The van der Waals surface area contributed by atoms with E-state index in [1.807, 2.05) is 0 Å². The van der Waals surface area contributed by atoms with Gasteiger partial charge in [0.15, 0.2) is 0 Å². The summed E-state index contributed by atoms with van der Waals surface area (Å²) in [7, 11) is 0. The van der Waals surface area contributed by atoms with Crippen molar-refractivity contribution in [3.8, 4) is 0 Å². The molecule has 2 heterocycles. The number of rotatable bonds is 1. The number of anilines is 1. The molecule has 0 spiro atoms. The van der Waals surface area contributed by atoms with Crippen LogP contribution in [0.2, 0.25) is 0 Å². The van der Waals surface area contributed by atoms with Crippen LogP contribution in [0.15, 0.2) is 17.7 Å². The molecule has 2 rings (SSSR count). The highest BCUT2D eigenvalue weighted by Gasteiger charge is 2.18. The number of H-pyrrole nitrogens is 1. The zero-order valence-electron chi connectivity index (χ0n) is 8.66. The number of amides is 1. The molecule has 0 radical (unpaired) electrons. The lowest BCUT2D eigenvalue weighted by Crippen LogP contribution is -2.34. The van der Waals surface area contributed by atoms with E-state index < -0.39 is 0 Å². The summed E-state index contributed by atoms with van der Waals surface area (Å²) in [6.45, 7) is 3.51. The number of nitrogen functional groups attached to an aromatic ring is 1. The highest BCUT2D eigenvalue weighted by atomic mass is 16.2. The van der Waals surface area contributed by atoms with Crippen LogP contribution in [-0.4, -0.2) is 34.1 Å². The van der Waals surface area contributed by atoms with E-state index in [1.165, 1.54) is 5.57 Å². The highest BCUT2D eigenvalue weighted by Crippen LogP contribution is 2.12. The van der Waals surface area contributed by atoms with E-state index in [2.05, 4.69) is 23.2 Å². The van der Waals surface area contributed by atoms with Gasteiger partial charge in [-0.1, -0.05) is 11.6 Å². The molecule has 1 aromatic heterocycles. The second-order valence-corrected chi connectivity index (χ2v) is 3.76. The molecule has 1 aromatic rings. The Bertz CT molecular complexity index is 407. The van der Waals surface area contributed by atoms with Gasteiger partial charge in [0.1, 0.15) is 11.5 Å². The maximum atomic E-state index is 11.9. The van der Waals surface area contributed by atoms with Crippen LogP contribution in [0.25, 0.3) is 0 Å². The molecule has 0 bridgehead atoms. The molecule has 80 valence electrons. The normalized spacial score (nSPS) is 16.3. The Morgan fingerprint density at radius 3 is 3.00 bits per heavy atom. The second-order valence-electron chi connectivity index (χ2n) is 3.76. The molecule has 15 heavy (non-hydrogen) atoms. The Balaban J connectivity index is 2.09. The predicted octanol–water partition coefficient (Wildman–Crippen LogP) is 0.784. The third kappa shape index (κ3) is 2.01. The first-order valence-corrected chi connectivity index (χ1v) is 4.92. The van der Waals surface area contributed by atoms with Crippen molar-refractivity contribution in [3.05, 3.63) is 23.4 Å². The summed E-state index contributed by atoms with van der Waals surface area (Å²) in [4.78, 5) is 13.7. The van der Waals surface area contributed by atoms with Crippen LogP contribution in [0.1, 0.15) is 23.8 Å². The number of nitrogens with one attached hydrogen (secondary N) is 1. The number of hydrogen-bond acceptors (Lipinski definition) is 3. The minimum absolute atomic E-state index is 0.0389. The molecule has 0 unspecified atom stereocenters. The van der Waals surface area contributed by atoms with Crippen molar-refractivity contribution in [3.63, 3.8) is 0 Å². The average molecular weight is 206 g/mol. The van der Waals surface area contributed by atoms with Crippen molar-refractivity contribution < 1.29 is 4.79 Å². The molecular weight excluding hydrogens is 192 g/mol. The van der Waals surface area contributed by atoms with E-state index in [4.69, 9.17) is 5.73 Å². The molecule has 1 aliphatic heterocycles. The van der Waals surface area contributed by atoms with E-state index in [0.717, 1.165) is 13.0 Å². The van der Waals surface area contributed by atoms with E-state index in [0.29, 0.717) is 18.1 Å². The maximum Gasteiger partial charge on any atom is 0.272 e. The third-order valence-electron chi connectivity index (χ3n) is 2.55. The Labute approximate surface area is 87.9 Å². The fraction of sp³-hybridized carbons (Fsp3) is 0.400.